The van der Waals surface area contributed by atoms with Gasteiger partial charge in [0, 0.05) is 18.4 Å². The second-order valence-electron chi connectivity index (χ2n) is 4.95. The molecule has 122 valence electrons. The van der Waals surface area contributed by atoms with E-state index < -0.39 is 17.8 Å². The van der Waals surface area contributed by atoms with Crippen LogP contribution in [0.3, 0.4) is 0 Å². The molecule has 7 heteroatoms. The molecule has 1 heterocycles. The largest absolute Gasteiger partial charge is 0.418 e. The van der Waals surface area contributed by atoms with Crippen LogP contribution < -0.4 is 10.6 Å². The van der Waals surface area contributed by atoms with Crippen molar-refractivity contribution in [2.75, 3.05) is 5.32 Å². The molecule has 2 N–H and O–H groups in total. The minimum atomic E-state index is -4.47. The quantitative estimate of drug-likeness (QED) is 0.888. The Hall–Kier alpha value is -2.41. The van der Waals surface area contributed by atoms with Crippen molar-refractivity contribution in [2.24, 2.45) is 0 Å². The number of para-hydroxylation sites is 1. The Morgan fingerprint density at radius 1 is 1.17 bits per heavy atom. The molecule has 23 heavy (non-hydrogen) atoms. The number of carbonyl (C=O) groups excluding carboxylic acids is 1. The summed E-state index contributed by atoms with van der Waals surface area (Å²) in [4.78, 5) is 15.7. The van der Waals surface area contributed by atoms with Crippen LogP contribution in [0.15, 0.2) is 48.7 Å². The van der Waals surface area contributed by atoms with Gasteiger partial charge in [0.1, 0.15) is 0 Å². The van der Waals surface area contributed by atoms with Gasteiger partial charge in [-0.25, -0.2) is 0 Å². The van der Waals surface area contributed by atoms with E-state index in [2.05, 4.69) is 15.6 Å². The molecule has 0 aliphatic rings. The Bertz CT molecular complexity index is 659. The lowest BCUT2D eigenvalue weighted by atomic mass is 10.1. The van der Waals surface area contributed by atoms with Crippen molar-refractivity contribution in [1.29, 1.82) is 0 Å². The van der Waals surface area contributed by atoms with Crippen molar-refractivity contribution in [3.05, 3.63) is 59.9 Å². The lowest BCUT2D eigenvalue weighted by Gasteiger charge is -2.16. The number of nitrogens with one attached hydrogen (secondary N) is 2. The van der Waals surface area contributed by atoms with Crippen LogP contribution in [-0.2, 0) is 17.5 Å². The molecular formula is C16H16F3N3O. The van der Waals surface area contributed by atoms with Gasteiger partial charge in [-0.2, -0.15) is 13.2 Å². The molecule has 1 unspecified atom stereocenters. The number of carbonyl (C=O) groups is 1. The topological polar surface area (TPSA) is 54.0 Å². The lowest BCUT2D eigenvalue weighted by Crippen LogP contribution is -2.38. The Morgan fingerprint density at radius 3 is 2.52 bits per heavy atom. The van der Waals surface area contributed by atoms with E-state index in [9.17, 15) is 18.0 Å². The Morgan fingerprint density at radius 2 is 1.87 bits per heavy atom. The number of amides is 1. The number of anilines is 1. The number of halogens is 3. The first kappa shape index (κ1) is 17.0. The van der Waals surface area contributed by atoms with Crippen molar-refractivity contribution >= 4 is 11.6 Å². The number of nitrogens with zero attached hydrogens (tertiary/aromatic N) is 1. The van der Waals surface area contributed by atoms with E-state index in [1.165, 1.54) is 12.3 Å². The minimum Gasteiger partial charge on any atom is -0.325 e. The van der Waals surface area contributed by atoms with E-state index in [0.717, 1.165) is 6.07 Å². The number of alkyl halides is 3. The van der Waals surface area contributed by atoms with E-state index in [-0.39, 0.29) is 18.1 Å². The van der Waals surface area contributed by atoms with E-state index in [4.69, 9.17) is 0 Å². The zero-order valence-corrected chi connectivity index (χ0v) is 12.4. The van der Waals surface area contributed by atoms with Crippen LogP contribution in [0.5, 0.6) is 0 Å². The van der Waals surface area contributed by atoms with Gasteiger partial charge >= 0.3 is 6.18 Å². The van der Waals surface area contributed by atoms with Crippen molar-refractivity contribution in [3.8, 4) is 0 Å². The van der Waals surface area contributed by atoms with Gasteiger partial charge in [-0.05, 0) is 31.2 Å². The second-order valence-corrected chi connectivity index (χ2v) is 4.95. The maximum Gasteiger partial charge on any atom is 0.418 e. The molecule has 0 spiro atoms. The first-order chi connectivity index (χ1) is 10.9. The molecule has 2 rings (SSSR count). The van der Waals surface area contributed by atoms with Gasteiger partial charge in [0.15, 0.2) is 0 Å². The van der Waals surface area contributed by atoms with E-state index in [1.807, 2.05) is 6.07 Å². The number of hydrogen-bond donors (Lipinski definition) is 2. The monoisotopic (exact) mass is 323 g/mol. The summed E-state index contributed by atoms with van der Waals surface area (Å²) in [5.74, 6) is -0.333. The summed E-state index contributed by atoms with van der Waals surface area (Å²) in [6, 6.07) is 10.4. The number of benzene rings is 1. The number of rotatable bonds is 5. The highest BCUT2D eigenvalue weighted by molar-refractivity contribution is 5.94. The van der Waals surface area contributed by atoms with E-state index in [0.29, 0.717) is 5.69 Å². The van der Waals surface area contributed by atoms with Gasteiger partial charge in [-0.3, -0.25) is 9.78 Å². The smallest absolute Gasteiger partial charge is 0.325 e. The SMILES string of the molecule is CC(NCc1ncccc1C(F)(F)F)C(=O)Nc1ccccc1. The van der Waals surface area contributed by atoms with Gasteiger partial charge in [-0.1, -0.05) is 18.2 Å². The molecule has 0 saturated carbocycles. The molecule has 0 saturated heterocycles. The summed E-state index contributed by atoms with van der Waals surface area (Å²) >= 11 is 0. The van der Waals surface area contributed by atoms with Gasteiger partial charge < -0.3 is 10.6 Å². The Kier molecular flexibility index (Phi) is 5.33. The van der Waals surface area contributed by atoms with Crippen LogP contribution in [0.2, 0.25) is 0 Å². The maximum atomic E-state index is 12.9. The molecule has 1 atom stereocenters. The minimum absolute atomic E-state index is 0.139. The maximum absolute atomic E-state index is 12.9. The van der Waals surface area contributed by atoms with Crippen molar-refractivity contribution in [3.63, 3.8) is 0 Å². The van der Waals surface area contributed by atoms with Crippen LogP contribution in [0.25, 0.3) is 0 Å². The van der Waals surface area contributed by atoms with Gasteiger partial charge in [0.25, 0.3) is 0 Å². The third kappa shape index (κ3) is 4.79. The van der Waals surface area contributed by atoms with Crippen molar-refractivity contribution in [2.45, 2.75) is 25.7 Å². The van der Waals surface area contributed by atoms with E-state index in [1.54, 1.807) is 31.2 Å². The Balaban J connectivity index is 1.97. The highest BCUT2D eigenvalue weighted by atomic mass is 19.4. The average molecular weight is 323 g/mol. The molecule has 0 fully saturated rings. The standard InChI is InChI=1S/C16H16F3N3O/c1-11(15(23)22-12-6-3-2-4-7-12)21-10-14-13(16(17,18)19)8-5-9-20-14/h2-9,11,21H,10H2,1H3,(H,22,23). The predicted octanol–water partition coefficient (Wildman–Crippen LogP) is 3.22. The second kappa shape index (κ2) is 7.23. The zero-order valence-electron chi connectivity index (χ0n) is 12.4. The summed E-state index contributed by atoms with van der Waals surface area (Å²) in [6.07, 6.45) is -3.18. The van der Waals surface area contributed by atoms with Crippen LogP contribution in [0, 0.1) is 0 Å². The number of pyridine rings is 1. The van der Waals surface area contributed by atoms with E-state index >= 15 is 0 Å². The molecule has 2 aromatic rings. The summed E-state index contributed by atoms with van der Waals surface area (Å²) < 4.78 is 38.6. The fourth-order valence-electron chi connectivity index (χ4n) is 1.95. The van der Waals surface area contributed by atoms with Crippen LogP contribution >= 0.6 is 0 Å². The highest BCUT2D eigenvalue weighted by Gasteiger charge is 2.33. The third-order valence-electron chi connectivity index (χ3n) is 3.21. The first-order valence-corrected chi connectivity index (χ1v) is 6.98. The van der Waals surface area contributed by atoms with Crippen molar-refractivity contribution < 1.29 is 18.0 Å². The summed E-state index contributed by atoms with van der Waals surface area (Å²) in [5, 5.41) is 5.44. The average Bonchev–Trinajstić information content (AvgIpc) is 2.53. The molecular weight excluding hydrogens is 307 g/mol. The van der Waals surface area contributed by atoms with Crippen LogP contribution in [-0.4, -0.2) is 16.9 Å². The molecule has 0 radical (unpaired) electrons. The van der Waals surface area contributed by atoms with Gasteiger partial charge in [0.2, 0.25) is 5.91 Å². The molecule has 4 nitrogen and oxygen atoms in total. The predicted molar refractivity (Wildman–Crippen MR) is 80.6 cm³/mol. The summed E-state index contributed by atoms with van der Waals surface area (Å²) in [5.41, 5.74) is -0.317. The summed E-state index contributed by atoms with van der Waals surface area (Å²) in [7, 11) is 0. The molecule has 1 aromatic carbocycles. The van der Waals surface area contributed by atoms with Crippen LogP contribution in [0.1, 0.15) is 18.2 Å². The molecule has 1 aromatic heterocycles. The van der Waals surface area contributed by atoms with Gasteiger partial charge in [0.05, 0.1) is 17.3 Å². The fraction of sp³-hybridized carbons (Fsp3) is 0.250. The van der Waals surface area contributed by atoms with Crippen LogP contribution in [0.4, 0.5) is 18.9 Å². The zero-order chi connectivity index (χ0) is 16.9. The lowest BCUT2D eigenvalue weighted by molar-refractivity contribution is -0.138. The highest BCUT2D eigenvalue weighted by Crippen LogP contribution is 2.30. The molecule has 1 amide bonds. The van der Waals surface area contributed by atoms with Crippen molar-refractivity contribution in [1.82, 2.24) is 10.3 Å². The molecule has 0 aliphatic heterocycles. The number of aromatic nitrogens is 1. The normalized spacial score (nSPS) is 12.7. The fourth-order valence-corrected chi connectivity index (χ4v) is 1.95. The first-order valence-electron chi connectivity index (χ1n) is 6.98. The van der Waals surface area contributed by atoms with Gasteiger partial charge in [-0.15, -0.1) is 0 Å². The Labute approximate surface area is 131 Å². The molecule has 0 bridgehead atoms. The summed E-state index contributed by atoms with van der Waals surface area (Å²) in [6.45, 7) is 1.42. The number of hydrogen-bond acceptors (Lipinski definition) is 3. The molecule has 0 aliphatic carbocycles. The third-order valence-corrected chi connectivity index (χ3v) is 3.21.